The van der Waals surface area contributed by atoms with E-state index < -0.39 is 6.30 Å². The van der Waals surface area contributed by atoms with E-state index in [4.69, 9.17) is 0 Å². The second-order valence-electron chi connectivity index (χ2n) is 3.03. The number of nitrogens with zero attached hydrogens (tertiary/aromatic N) is 1. The summed E-state index contributed by atoms with van der Waals surface area (Å²) in [4.78, 5) is 1.79. The van der Waals surface area contributed by atoms with Crippen molar-refractivity contribution in [1.82, 2.24) is 0 Å². The quantitative estimate of drug-likeness (QED) is 0.576. The van der Waals surface area contributed by atoms with Crippen LogP contribution in [0.5, 0.6) is 0 Å². The summed E-state index contributed by atoms with van der Waals surface area (Å²) >= 11 is 0. The van der Waals surface area contributed by atoms with E-state index in [0.717, 1.165) is 18.7 Å². The van der Waals surface area contributed by atoms with Gasteiger partial charge in [0.05, 0.1) is 0 Å². The number of benzene rings is 1. The lowest BCUT2D eigenvalue weighted by atomic mass is 10.3. The van der Waals surface area contributed by atoms with Crippen molar-refractivity contribution in [3.05, 3.63) is 30.3 Å². The van der Waals surface area contributed by atoms with Crippen LogP contribution in [0, 0.1) is 6.07 Å². The molecule has 1 aliphatic heterocycles. The zero-order valence-corrected chi connectivity index (χ0v) is 6.83. The molecule has 12 heavy (non-hydrogen) atoms. The van der Waals surface area contributed by atoms with E-state index in [1.165, 1.54) is 0 Å². The van der Waals surface area contributed by atoms with Crippen LogP contribution in [-0.2, 0) is 0 Å². The topological polar surface area (TPSA) is 3.24 Å². The van der Waals surface area contributed by atoms with Gasteiger partial charge in [-0.05, 0) is 31.0 Å². The molecule has 1 fully saturated rings. The standard InChI is InChI=1S/C10H11FN/c11-10-7-4-8-12(10)9-5-2-1-3-6-9/h1-2,5-6,10H,4,7-8H2. The molecule has 1 saturated heterocycles. The molecule has 0 aromatic heterocycles. The van der Waals surface area contributed by atoms with Gasteiger partial charge in [0.15, 0.2) is 6.30 Å². The molecule has 0 spiro atoms. The summed E-state index contributed by atoms with van der Waals surface area (Å²) in [5.41, 5.74) is 0.947. The summed E-state index contributed by atoms with van der Waals surface area (Å²) in [6.07, 6.45) is 0.825. The van der Waals surface area contributed by atoms with Gasteiger partial charge >= 0.3 is 0 Å². The fraction of sp³-hybridized carbons (Fsp3) is 0.400. The largest absolute Gasteiger partial charge is 0.342 e. The molecule has 2 heteroatoms. The highest BCUT2D eigenvalue weighted by Gasteiger charge is 2.23. The van der Waals surface area contributed by atoms with Crippen molar-refractivity contribution in [3.63, 3.8) is 0 Å². The Labute approximate surface area is 71.8 Å². The van der Waals surface area contributed by atoms with Crippen molar-refractivity contribution in [2.45, 2.75) is 19.1 Å². The molecule has 63 valence electrons. The van der Waals surface area contributed by atoms with Crippen molar-refractivity contribution < 1.29 is 4.39 Å². The molecule has 0 amide bonds. The van der Waals surface area contributed by atoms with Crippen molar-refractivity contribution in [2.24, 2.45) is 0 Å². The number of anilines is 1. The monoisotopic (exact) mass is 164 g/mol. The number of alkyl halides is 1. The summed E-state index contributed by atoms with van der Waals surface area (Å²) < 4.78 is 13.2. The first-order valence-electron chi connectivity index (χ1n) is 4.25. The third-order valence-corrected chi connectivity index (χ3v) is 2.20. The molecular formula is C10H11FN. The Morgan fingerprint density at radius 1 is 1.58 bits per heavy atom. The van der Waals surface area contributed by atoms with Gasteiger partial charge < -0.3 is 4.90 Å². The maximum atomic E-state index is 13.2. The number of hydrogen-bond acceptors (Lipinski definition) is 1. The van der Waals surface area contributed by atoms with E-state index in [0.29, 0.717) is 6.42 Å². The van der Waals surface area contributed by atoms with Crippen LogP contribution in [0.1, 0.15) is 12.8 Å². The normalized spacial score (nSPS) is 23.1. The van der Waals surface area contributed by atoms with E-state index in [-0.39, 0.29) is 0 Å². The van der Waals surface area contributed by atoms with Crippen molar-refractivity contribution in [2.75, 3.05) is 11.4 Å². The van der Waals surface area contributed by atoms with Gasteiger partial charge in [0.25, 0.3) is 0 Å². The van der Waals surface area contributed by atoms with Crippen LogP contribution in [0.2, 0.25) is 0 Å². The molecule has 0 bridgehead atoms. The van der Waals surface area contributed by atoms with Crippen LogP contribution in [0.15, 0.2) is 24.3 Å². The highest BCUT2D eigenvalue weighted by atomic mass is 19.1. The molecule has 1 aromatic carbocycles. The van der Waals surface area contributed by atoms with Crippen molar-refractivity contribution in [3.8, 4) is 0 Å². The van der Waals surface area contributed by atoms with Crippen LogP contribution >= 0.6 is 0 Å². The van der Waals surface area contributed by atoms with Gasteiger partial charge in [-0.1, -0.05) is 12.1 Å². The van der Waals surface area contributed by atoms with E-state index in [9.17, 15) is 4.39 Å². The van der Waals surface area contributed by atoms with Crippen molar-refractivity contribution in [1.29, 1.82) is 0 Å². The Morgan fingerprint density at radius 3 is 3.08 bits per heavy atom. The summed E-state index contributed by atoms with van der Waals surface area (Å²) in [5, 5.41) is 0. The molecule has 1 radical (unpaired) electrons. The molecule has 1 aliphatic rings. The van der Waals surface area contributed by atoms with Crippen LogP contribution in [0.3, 0.4) is 0 Å². The minimum atomic E-state index is -0.791. The summed E-state index contributed by atoms with van der Waals surface area (Å²) in [6.45, 7) is 0.832. The first-order valence-corrected chi connectivity index (χ1v) is 4.25. The predicted molar refractivity (Wildman–Crippen MR) is 46.8 cm³/mol. The minimum absolute atomic E-state index is 0.662. The van der Waals surface area contributed by atoms with Gasteiger partial charge in [0, 0.05) is 12.2 Å². The van der Waals surface area contributed by atoms with Gasteiger partial charge in [-0.2, -0.15) is 0 Å². The van der Waals surface area contributed by atoms with Gasteiger partial charge in [-0.3, -0.25) is 0 Å². The molecule has 1 aromatic rings. The molecule has 1 unspecified atom stereocenters. The second-order valence-corrected chi connectivity index (χ2v) is 3.03. The summed E-state index contributed by atoms with van der Waals surface area (Å²) in [6, 6.07) is 10.4. The van der Waals surface area contributed by atoms with E-state index in [1.54, 1.807) is 4.90 Å². The van der Waals surface area contributed by atoms with Crippen LogP contribution in [-0.4, -0.2) is 12.8 Å². The van der Waals surface area contributed by atoms with Crippen LogP contribution < -0.4 is 4.90 Å². The zero-order chi connectivity index (χ0) is 8.39. The number of rotatable bonds is 1. The lowest BCUT2D eigenvalue weighted by Gasteiger charge is -2.20. The van der Waals surface area contributed by atoms with Gasteiger partial charge in [0.2, 0.25) is 0 Å². The Bertz CT molecular complexity index is 247. The van der Waals surface area contributed by atoms with E-state index in [2.05, 4.69) is 6.07 Å². The number of halogens is 1. The Balaban J connectivity index is 2.19. The van der Waals surface area contributed by atoms with Gasteiger partial charge in [-0.15, -0.1) is 0 Å². The smallest absolute Gasteiger partial charge is 0.172 e. The zero-order valence-electron chi connectivity index (χ0n) is 6.83. The highest BCUT2D eigenvalue weighted by Crippen LogP contribution is 2.25. The average molecular weight is 164 g/mol. The third-order valence-electron chi connectivity index (χ3n) is 2.20. The third kappa shape index (κ3) is 1.29. The maximum absolute atomic E-state index is 13.2. The maximum Gasteiger partial charge on any atom is 0.172 e. The fourth-order valence-electron chi connectivity index (χ4n) is 1.58. The fourth-order valence-corrected chi connectivity index (χ4v) is 1.58. The van der Waals surface area contributed by atoms with Crippen molar-refractivity contribution >= 4 is 5.69 Å². The second kappa shape index (κ2) is 3.13. The molecule has 1 nitrogen and oxygen atoms in total. The molecule has 1 heterocycles. The molecule has 0 aliphatic carbocycles. The lowest BCUT2D eigenvalue weighted by Crippen LogP contribution is -2.24. The van der Waals surface area contributed by atoms with E-state index >= 15 is 0 Å². The predicted octanol–water partition coefficient (Wildman–Crippen LogP) is 2.38. The molecule has 0 N–H and O–H groups in total. The van der Waals surface area contributed by atoms with Crippen LogP contribution in [0.4, 0.5) is 10.1 Å². The Hall–Kier alpha value is -1.05. The molecule has 2 rings (SSSR count). The molecule has 1 atom stereocenters. The summed E-state index contributed by atoms with van der Waals surface area (Å²) in [7, 11) is 0. The van der Waals surface area contributed by atoms with Gasteiger partial charge in [-0.25, -0.2) is 4.39 Å². The highest BCUT2D eigenvalue weighted by molar-refractivity contribution is 5.46. The average Bonchev–Trinajstić information content (AvgIpc) is 2.53. The van der Waals surface area contributed by atoms with Crippen LogP contribution in [0.25, 0.3) is 0 Å². The number of hydrogen-bond donors (Lipinski definition) is 0. The Morgan fingerprint density at radius 2 is 2.50 bits per heavy atom. The minimum Gasteiger partial charge on any atom is -0.342 e. The molecule has 0 saturated carbocycles. The van der Waals surface area contributed by atoms with E-state index in [1.807, 2.05) is 24.3 Å². The Kier molecular flexibility index (Phi) is 1.98. The first kappa shape index (κ1) is 7.59. The summed E-state index contributed by atoms with van der Waals surface area (Å²) in [5.74, 6) is 0. The molecular weight excluding hydrogens is 153 g/mol. The first-order chi connectivity index (χ1) is 5.88. The lowest BCUT2D eigenvalue weighted by molar-refractivity contribution is 0.345. The SMILES string of the molecule is FC1CCCN1c1c[c]ccc1. The van der Waals surface area contributed by atoms with Gasteiger partial charge in [0.1, 0.15) is 0 Å².